The second-order valence-electron chi connectivity index (χ2n) is 5.52. The fourth-order valence-electron chi connectivity index (χ4n) is 2.93. The number of benzene rings is 1. The third-order valence-electron chi connectivity index (χ3n) is 4.09. The lowest BCUT2D eigenvalue weighted by molar-refractivity contribution is -0.682. The van der Waals surface area contributed by atoms with Crippen LogP contribution in [0.3, 0.4) is 0 Å². The highest BCUT2D eigenvalue weighted by Gasteiger charge is 2.44. The Morgan fingerprint density at radius 1 is 1.05 bits per heavy atom. The third-order valence-corrected chi connectivity index (χ3v) is 4.97. The standard InChI is InChI=1S/C15H19BClN4/c1-14(11-15-5-3-2-4-6-15)16(17,20-9-7-18-12-20)21-10-8-19-13-21/h2-10,12-14,18-19H,11H2,1H3/q+1/t14-/m1/s1. The van der Waals surface area contributed by atoms with Crippen molar-refractivity contribution >= 4 is 17.3 Å². The Morgan fingerprint density at radius 3 is 2.10 bits per heavy atom. The van der Waals surface area contributed by atoms with E-state index in [9.17, 15) is 0 Å². The lowest BCUT2D eigenvalue weighted by Crippen LogP contribution is -2.79. The summed E-state index contributed by atoms with van der Waals surface area (Å²) in [5.41, 5.74) is 1.30. The maximum atomic E-state index is 7.12. The van der Waals surface area contributed by atoms with Gasteiger partial charge in [-0.1, -0.05) is 48.6 Å². The van der Waals surface area contributed by atoms with E-state index in [0.29, 0.717) is 0 Å². The first-order valence-corrected chi connectivity index (χ1v) is 7.61. The fraction of sp³-hybridized carbons (Fsp3) is 0.200. The molecule has 0 radical (unpaired) electrons. The summed E-state index contributed by atoms with van der Waals surface area (Å²) in [7, 11) is 0. The van der Waals surface area contributed by atoms with E-state index in [1.807, 2.05) is 43.5 Å². The topological polar surface area (TPSA) is 39.3 Å². The summed E-state index contributed by atoms with van der Waals surface area (Å²) in [5, 5.41) is 0. The predicted molar refractivity (Wildman–Crippen MR) is 83.9 cm³/mol. The highest BCUT2D eigenvalue weighted by atomic mass is 35.5. The zero-order chi connectivity index (χ0) is 14.7. The van der Waals surface area contributed by atoms with Gasteiger partial charge in [-0.2, -0.15) is 0 Å². The molecule has 0 fully saturated rings. The number of rotatable bonds is 5. The summed E-state index contributed by atoms with van der Waals surface area (Å²) in [6.07, 6.45) is 12.5. The molecule has 2 N–H and O–H groups in total. The molecule has 1 aromatic carbocycles. The van der Waals surface area contributed by atoms with E-state index in [2.05, 4.69) is 50.1 Å². The Bertz CT molecular complexity index is 633. The number of hydrogen-bond acceptors (Lipinski definition) is 0. The summed E-state index contributed by atoms with van der Waals surface area (Å²) >= 11 is 7.12. The first-order chi connectivity index (χ1) is 10.2. The van der Waals surface area contributed by atoms with Gasteiger partial charge >= 0.3 is 5.83 Å². The third kappa shape index (κ3) is 2.61. The van der Waals surface area contributed by atoms with Gasteiger partial charge in [-0.3, -0.25) is 21.4 Å². The number of imidazole rings is 2. The van der Waals surface area contributed by atoms with Gasteiger partial charge in [0.2, 0.25) is 0 Å². The molecule has 3 aromatic rings. The van der Waals surface area contributed by atoms with Crippen LogP contribution in [0.1, 0.15) is 12.5 Å². The largest absolute Gasteiger partial charge is 0.470 e. The molecule has 3 rings (SSSR count). The summed E-state index contributed by atoms with van der Waals surface area (Å²) in [5.74, 6) is -1.24. The summed E-state index contributed by atoms with van der Waals surface area (Å²) in [4.78, 5) is 6.17. The molecule has 0 amide bonds. The molecule has 4 nitrogen and oxygen atoms in total. The van der Waals surface area contributed by atoms with Gasteiger partial charge in [0.15, 0.2) is 12.7 Å². The van der Waals surface area contributed by atoms with Crippen LogP contribution in [0.4, 0.5) is 0 Å². The van der Waals surface area contributed by atoms with Crippen LogP contribution in [-0.2, 0) is 6.42 Å². The Hall–Kier alpha value is -2.01. The van der Waals surface area contributed by atoms with Crippen molar-refractivity contribution < 1.29 is 8.96 Å². The van der Waals surface area contributed by atoms with Gasteiger partial charge in [-0.15, -0.1) is 0 Å². The van der Waals surface area contributed by atoms with Crippen molar-refractivity contribution in [3.05, 3.63) is 73.3 Å². The minimum absolute atomic E-state index is 0.246. The molecule has 0 saturated heterocycles. The monoisotopic (exact) mass is 301 g/mol. The van der Waals surface area contributed by atoms with Crippen LogP contribution in [0.15, 0.2) is 67.8 Å². The first kappa shape index (κ1) is 14.0. The van der Waals surface area contributed by atoms with Crippen LogP contribution in [-0.4, -0.2) is 15.8 Å². The zero-order valence-corrected chi connectivity index (χ0v) is 12.7. The molecule has 0 aliphatic rings. The lowest BCUT2D eigenvalue weighted by Gasteiger charge is -2.32. The van der Waals surface area contributed by atoms with Crippen molar-refractivity contribution in [2.45, 2.75) is 19.2 Å². The maximum absolute atomic E-state index is 7.12. The maximum Gasteiger partial charge on any atom is 0.470 e. The van der Waals surface area contributed by atoms with Crippen LogP contribution >= 0.6 is 11.5 Å². The van der Waals surface area contributed by atoms with Crippen LogP contribution in [0.2, 0.25) is 5.82 Å². The molecule has 2 heterocycles. The molecule has 0 aliphatic heterocycles. The van der Waals surface area contributed by atoms with E-state index in [1.54, 1.807) is 0 Å². The highest BCUT2D eigenvalue weighted by Crippen LogP contribution is 2.24. The minimum Gasteiger partial charge on any atom is -0.379 e. The molecular formula is C15H19BClN4+. The lowest BCUT2D eigenvalue weighted by atomic mass is 9.58. The van der Waals surface area contributed by atoms with Crippen LogP contribution < -0.4 is 8.96 Å². The van der Waals surface area contributed by atoms with Crippen LogP contribution in [0.25, 0.3) is 0 Å². The molecule has 0 saturated carbocycles. The molecule has 6 heteroatoms. The number of nitrogens with zero attached hydrogens (tertiary/aromatic N) is 2. The number of aromatic nitrogens is 4. The number of nitrogens with one attached hydrogen (secondary N) is 2. The van der Waals surface area contributed by atoms with E-state index in [1.165, 1.54) is 5.56 Å². The second kappa shape index (κ2) is 5.78. The number of H-pyrrole nitrogens is 2. The molecule has 1 atom stereocenters. The summed E-state index contributed by atoms with van der Waals surface area (Å²) in [6.45, 7) is 2.19. The Morgan fingerprint density at radius 2 is 1.62 bits per heavy atom. The van der Waals surface area contributed by atoms with Crippen molar-refractivity contribution in [2.24, 2.45) is 0 Å². The Labute approximate surface area is 129 Å². The van der Waals surface area contributed by atoms with Gasteiger partial charge in [-0.05, 0) is 6.42 Å². The number of hydrogen-bond donors (Lipinski definition) is 2. The van der Waals surface area contributed by atoms with E-state index in [-0.39, 0.29) is 5.82 Å². The highest BCUT2D eigenvalue weighted by molar-refractivity contribution is 7.10. The predicted octanol–water partition coefficient (Wildman–Crippen LogP) is 2.12. The fourth-order valence-corrected chi connectivity index (χ4v) is 3.26. The van der Waals surface area contributed by atoms with E-state index >= 15 is 0 Å². The molecule has 0 bridgehead atoms. The van der Waals surface area contributed by atoms with Crippen LogP contribution in [0, 0.1) is 0 Å². The van der Waals surface area contributed by atoms with Gasteiger partial charge in [-0.25, -0.2) is 0 Å². The second-order valence-corrected chi connectivity index (χ2v) is 6.16. The normalized spacial score (nSPS) is 13.2. The molecule has 0 aliphatic carbocycles. The molecule has 108 valence electrons. The quantitative estimate of drug-likeness (QED) is 0.678. The van der Waals surface area contributed by atoms with Crippen molar-refractivity contribution in [3.8, 4) is 0 Å². The summed E-state index contributed by atoms with van der Waals surface area (Å²) in [6, 6.07) is 10.5. The van der Waals surface area contributed by atoms with E-state index in [0.717, 1.165) is 6.42 Å². The molecule has 0 spiro atoms. The first-order valence-electron chi connectivity index (χ1n) is 7.17. The van der Waals surface area contributed by atoms with Crippen molar-refractivity contribution in [1.29, 1.82) is 0 Å². The summed E-state index contributed by atoms with van der Waals surface area (Å²) < 4.78 is 4.12. The number of halogens is 1. The molecule has 0 unspecified atom stereocenters. The molecular weight excluding hydrogens is 282 g/mol. The van der Waals surface area contributed by atoms with Gasteiger partial charge < -0.3 is 8.96 Å². The average molecular weight is 302 g/mol. The molecule has 2 aromatic heterocycles. The van der Waals surface area contributed by atoms with Gasteiger partial charge in [0.25, 0.3) is 0 Å². The van der Waals surface area contributed by atoms with Gasteiger partial charge in [0, 0.05) is 0 Å². The molecule has 21 heavy (non-hydrogen) atoms. The Kier molecular flexibility index (Phi) is 3.84. The van der Waals surface area contributed by atoms with E-state index < -0.39 is 5.83 Å². The zero-order valence-electron chi connectivity index (χ0n) is 12.0. The van der Waals surface area contributed by atoms with Crippen LogP contribution in [0.5, 0.6) is 0 Å². The van der Waals surface area contributed by atoms with Crippen molar-refractivity contribution in [1.82, 2.24) is 9.97 Å². The average Bonchev–Trinajstić information content (AvgIpc) is 3.21. The smallest absolute Gasteiger partial charge is 0.379 e. The number of aromatic amines is 2. The van der Waals surface area contributed by atoms with Crippen molar-refractivity contribution in [3.63, 3.8) is 0 Å². The Balaban J connectivity index is 1.96. The van der Waals surface area contributed by atoms with Crippen molar-refractivity contribution in [2.75, 3.05) is 0 Å². The van der Waals surface area contributed by atoms with E-state index in [4.69, 9.17) is 11.5 Å². The van der Waals surface area contributed by atoms with Gasteiger partial charge in [0.05, 0.1) is 12.4 Å². The minimum atomic E-state index is -1.48. The van der Waals surface area contributed by atoms with Gasteiger partial charge in [0.1, 0.15) is 12.4 Å². The SMILES string of the molecule is C[C@H](Cc1ccccc1)[B-](Cl)([n+]1cc[nH]c1)[n+]1cc[nH]c1.